The molecule has 1 amide bonds. The average molecular weight is 636 g/mol. The predicted octanol–water partition coefficient (Wildman–Crippen LogP) is 1.64. The van der Waals surface area contributed by atoms with Crippen LogP contribution in [0.2, 0.25) is 5.02 Å². The molecule has 0 radical (unpaired) electrons. The lowest BCUT2D eigenvalue weighted by atomic mass is 9.89. The van der Waals surface area contributed by atoms with Gasteiger partial charge in [0, 0.05) is 50.9 Å². The van der Waals surface area contributed by atoms with Crippen LogP contribution in [-0.2, 0) is 11.2 Å². The van der Waals surface area contributed by atoms with Crippen molar-refractivity contribution in [3.63, 3.8) is 0 Å². The third-order valence-corrected chi connectivity index (χ3v) is 9.45. The average Bonchev–Trinajstić information content (AvgIpc) is 3.04. The Morgan fingerprint density at radius 2 is 1.77 bits per heavy atom. The maximum atomic E-state index is 15.0. The highest BCUT2D eigenvalue weighted by molar-refractivity contribution is 6.30. The summed E-state index contributed by atoms with van der Waals surface area (Å²) in [6.45, 7) is 2.79. The molecule has 6 rings (SSSR count). The number of carbonyl (C=O) groups is 1. The molecule has 242 valence electrons. The monoisotopic (exact) mass is 635 g/mol. The minimum absolute atomic E-state index is 0.00253. The molecule has 2 aromatic rings. The summed E-state index contributed by atoms with van der Waals surface area (Å²) in [5.74, 6) is 1.16. The lowest BCUT2D eigenvalue weighted by molar-refractivity contribution is -0.144. The number of piperazine rings is 1. The summed E-state index contributed by atoms with van der Waals surface area (Å²) in [5.41, 5.74) is 0.327. The molecule has 11 nitrogen and oxygen atoms in total. The molecule has 2 unspecified atom stereocenters. The van der Waals surface area contributed by atoms with E-state index in [-0.39, 0.29) is 31.0 Å². The van der Waals surface area contributed by atoms with Gasteiger partial charge in [-0.2, -0.15) is 0 Å². The first-order valence-electron chi connectivity index (χ1n) is 15.5. The molecule has 1 aromatic carbocycles. The fraction of sp³-hybridized carbons (Fsp3) is 0.645. The van der Waals surface area contributed by atoms with E-state index in [0.717, 1.165) is 51.6 Å². The number of aromatic nitrogens is 2. The first kappa shape index (κ1) is 32.8. The Morgan fingerprint density at radius 1 is 1.05 bits per heavy atom. The van der Waals surface area contributed by atoms with Crippen molar-refractivity contribution < 1.29 is 34.3 Å². The van der Waals surface area contributed by atoms with E-state index in [0.29, 0.717) is 47.9 Å². The van der Waals surface area contributed by atoms with Crippen molar-refractivity contribution in [3.8, 4) is 5.75 Å². The molecule has 1 aromatic heterocycles. The lowest BCUT2D eigenvalue weighted by Crippen LogP contribution is -2.65. The molecule has 4 aliphatic rings. The molecule has 4 fully saturated rings. The van der Waals surface area contributed by atoms with Crippen molar-refractivity contribution >= 4 is 23.5 Å². The highest BCUT2D eigenvalue weighted by Crippen LogP contribution is 2.30. The number of benzene rings is 1. The van der Waals surface area contributed by atoms with E-state index in [1.807, 2.05) is 4.90 Å². The summed E-state index contributed by atoms with van der Waals surface area (Å²) < 4.78 is 20.8. The Labute approximate surface area is 262 Å². The van der Waals surface area contributed by atoms with Gasteiger partial charge >= 0.3 is 0 Å². The largest absolute Gasteiger partial charge is 0.493 e. The van der Waals surface area contributed by atoms with Gasteiger partial charge in [-0.15, -0.1) is 0 Å². The van der Waals surface area contributed by atoms with Gasteiger partial charge < -0.3 is 35.0 Å². The van der Waals surface area contributed by atoms with Gasteiger partial charge in [-0.1, -0.05) is 17.7 Å². The van der Waals surface area contributed by atoms with Gasteiger partial charge in [0.25, 0.3) is 0 Å². The summed E-state index contributed by atoms with van der Waals surface area (Å²) in [5, 5.41) is 39.5. The van der Waals surface area contributed by atoms with Crippen molar-refractivity contribution in [2.45, 2.75) is 75.3 Å². The van der Waals surface area contributed by atoms with E-state index in [1.165, 1.54) is 6.07 Å². The van der Waals surface area contributed by atoms with E-state index in [1.54, 1.807) is 29.4 Å². The molecule has 44 heavy (non-hydrogen) atoms. The van der Waals surface area contributed by atoms with Crippen molar-refractivity contribution in [1.82, 2.24) is 19.8 Å². The number of hydrogen-bond donors (Lipinski definition) is 4. The Hall–Kier alpha value is -2.61. The molecule has 4 saturated heterocycles. The molecule has 4 N–H and O–H groups in total. The normalized spacial score (nSPS) is 23.0. The summed E-state index contributed by atoms with van der Waals surface area (Å²) in [7, 11) is 0. The summed E-state index contributed by atoms with van der Waals surface area (Å²) >= 11 is 5.88. The number of carbonyl (C=O) groups excluding carboxylic acids is 1. The highest BCUT2D eigenvalue weighted by Gasteiger charge is 2.42. The molecule has 13 heteroatoms. The van der Waals surface area contributed by atoms with Crippen LogP contribution in [0.1, 0.15) is 44.1 Å². The summed E-state index contributed by atoms with van der Waals surface area (Å²) in [4.78, 5) is 27.8. The van der Waals surface area contributed by atoms with E-state index < -0.39 is 30.7 Å². The van der Waals surface area contributed by atoms with Gasteiger partial charge in [0.1, 0.15) is 23.8 Å². The molecule has 2 bridgehead atoms. The zero-order valence-electron chi connectivity index (χ0n) is 24.8. The zero-order chi connectivity index (χ0) is 31.2. The number of ether oxygens (including phenoxy) is 1. The zero-order valence-corrected chi connectivity index (χ0v) is 25.6. The predicted molar refractivity (Wildman–Crippen MR) is 162 cm³/mol. The van der Waals surface area contributed by atoms with Gasteiger partial charge in [-0.05, 0) is 56.1 Å². The molecule has 0 saturated carbocycles. The van der Waals surface area contributed by atoms with Crippen LogP contribution in [0, 0.1) is 11.7 Å². The third-order valence-electron chi connectivity index (χ3n) is 9.26. The fourth-order valence-electron chi connectivity index (χ4n) is 6.64. The van der Waals surface area contributed by atoms with Gasteiger partial charge in [-0.3, -0.25) is 9.69 Å². The van der Waals surface area contributed by atoms with Crippen LogP contribution >= 0.6 is 11.6 Å². The van der Waals surface area contributed by atoms with Crippen LogP contribution in [0.3, 0.4) is 0 Å². The number of amides is 1. The first-order chi connectivity index (χ1) is 21.2. The molecular formula is C31H43ClFN5O6. The number of aliphatic hydroxyl groups excluding tert-OH is 4. The Bertz CT molecular complexity index is 1240. The SMILES string of the molecule is O=C(Cc1ccc(OCCCC2CCN(c3ncc(Cl)cn3)CC2)cc1F)N1CC2CCC1CN2C[C@H](O)[C@H](O)[C@H](O)CO. The first-order valence-corrected chi connectivity index (χ1v) is 15.9. The van der Waals surface area contributed by atoms with E-state index in [2.05, 4.69) is 14.9 Å². The number of nitrogens with zero attached hydrogens (tertiary/aromatic N) is 5. The number of piperidine rings is 3. The number of rotatable bonds is 13. The maximum absolute atomic E-state index is 15.0. The lowest BCUT2D eigenvalue weighted by Gasteiger charge is -2.52. The van der Waals surface area contributed by atoms with Crippen LogP contribution in [0.4, 0.5) is 10.3 Å². The van der Waals surface area contributed by atoms with Gasteiger partial charge in [0.15, 0.2) is 0 Å². The van der Waals surface area contributed by atoms with Crippen LogP contribution < -0.4 is 9.64 Å². The number of halogens is 2. The molecular weight excluding hydrogens is 593 g/mol. The van der Waals surface area contributed by atoms with Gasteiger partial charge in [-0.25, -0.2) is 14.4 Å². The number of fused-ring (bicyclic) bond motifs is 3. The van der Waals surface area contributed by atoms with Crippen molar-refractivity contribution in [1.29, 1.82) is 0 Å². The molecule has 5 atom stereocenters. The van der Waals surface area contributed by atoms with Crippen LogP contribution in [-0.4, -0.2) is 122 Å². The van der Waals surface area contributed by atoms with Crippen LogP contribution in [0.5, 0.6) is 5.75 Å². The maximum Gasteiger partial charge on any atom is 0.227 e. The van der Waals surface area contributed by atoms with Crippen molar-refractivity contribution in [2.75, 3.05) is 50.8 Å². The van der Waals surface area contributed by atoms with Crippen molar-refractivity contribution in [2.24, 2.45) is 5.92 Å². The van der Waals surface area contributed by atoms with E-state index >= 15 is 0 Å². The van der Waals surface area contributed by atoms with Crippen LogP contribution in [0.15, 0.2) is 30.6 Å². The van der Waals surface area contributed by atoms with Crippen LogP contribution in [0.25, 0.3) is 0 Å². The molecule has 5 heterocycles. The summed E-state index contributed by atoms with van der Waals surface area (Å²) in [6.07, 6.45) is 4.78. The second kappa shape index (κ2) is 15.1. The summed E-state index contributed by atoms with van der Waals surface area (Å²) in [6, 6.07) is 4.63. The van der Waals surface area contributed by atoms with E-state index in [4.69, 9.17) is 21.4 Å². The Balaban J connectivity index is 1.02. The number of hydrogen-bond acceptors (Lipinski definition) is 10. The quantitative estimate of drug-likeness (QED) is 0.240. The minimum Gasteiger partial charge on any atom is -0.493 e. The minimum atomic E-state index is -1.45. The molecule has 4 aliphatic heterocycles. The molecule has 0 spiro atoms. The van der Waals surface area contributed by atoms with E-state index in [9.17, 15) is 24.5 Å². The smallest absolute Gasteiger partial charge is 0.227 e. The standard InChI is InChI=1S/C31H43ClFN5O6/c32-22-14-34-31(35-15-22)36-9-7-20(8-10-36)2-1-11-44-25-6-3-21(26(33)13-25)12-29(42)38-17-23-4-5-24(38)16-37(23)18-27(40)30(43)28(41)19-39/h3,6,13-15,20,23-24,27-28,30,39-41,43H,1-2,4-5,7-12,16-19H2/t23?,24?,27-,28+,30-/m0/s1. The fourth-order valence-corrected chi connectivity index (χ4v) is 6.73. The second-order valence-corrected chi connectivity index (χ2v) is 12.7. The van der Waals surface area contributed by atoms with Crippen molar-refractivity contribution in [3.05, 3.63) is 47.0 Å². The Kier molecular flexibility index (Phi) is 11.3. The topological polar surface area (TPSA) is 143 Å². The Morgan fingerprint density at radius 3 is 2.43 bits per heavy atom. The molecule has 0 aliphatic carbocycles. The highest BCUT2D eigenvalue weighted by atomic mass is 35.5. The third kappa shape index (κ3) is 8.15. The number of anilines is 1. The number of aliphatic hydroxyl groups is 4. The van der Waals surface area contributed by atoms with Gasteiger partial charge in [0.05, 0.1) is 43.2 Å². The van der Waals surface area contributed by atoms with Gasteiger partial charge in [0.2, 0.25) is 11.9 Å². The second-order valence-electron chi connectivity index (χ2n) is 12.2.